The van der Waals surface area contributed by atoms with Crippen LogP contribution in [-0.2, 0) is 13.2 Å². The molecule has 0 bridgehead atoms. The molecule has 0 saturated heterocycles. The van der Waals surface area contributed by atoms with Crippen molar-refractivity contribution in [1.82, 2.24) is 4.98 Å². The fourth-order valence-electron chi connectivity index (χ4n) is 4.05. The third-order valence-electron chi connectivity index (χ3n) is 5.82. The maximum Gasteiger partial charge on any atom is 0.339 e. The fourth-order valence-corrected chi connectivity index (χ4v) is 4.05. The van der Waals surface area contributed by atoms with Crippen LogP contribution in [0.15, 0.2) is 66.9 Å². The van der Waals surface area contributed by atoms with Crippen molar-refractivity contribution in [3.63, 3.8) is 0 Å². The number of ether oxygens (including phenoxy) is 1. The standard InChI is InChI=1S/C26H28N2O3/c29-26(30)23-13-12-22(15-25(23)31-18-19-7-3-1-4-8-19)27-16-20-11-14-24(28-17-20)21-9-5-2-6-10-21/h1,3-4,7-8,11-15,17,21,27H,2,5-6,9-10,16,18H2,(H,29,30). The van der Waals surface area contributed by atoms with Gasteiger partial charge in [-0.1, -0.05) is 55.7 Å². The zero-order valence-electron chi connectivity index (χ0n) is 17.6. The van der Waals surface area contributed by atoms with Gasteiger partial charge in [0.1, 0.15) is 17.9 Å². The van der Waals surface area contributed by atoms with Gasteiger partial charge in [-0.15, -0.1) is 0 Å². The van der Waals surface area contributed by atoms with Crippen molar-refractivity contribution in [3.8, 4) is 5.75 Å². The van der Waals surface area contributed by atoms with Crippen LogP contribution < -0.4 is 10.1 Å². The van der Waals surface area contributed by atoms with E-state index in [1.54, 1.807) is 18.2 Å². The SMILES string of the molecule is O=C(O)c1ccc(NCc2ccc(C3CCCCC3)nc2)cc1OCc1ccccc1. The second-order valence-electron chi connectivity index (χ2n) is 8.07. The quantitative estimate of drug-likeness (QED) is 0.470. The lowest BCUT2D eigenvalue weighted by Gasteiger charge is -2.21. The molecule has 3 aromatic rings. The van der Waals surface area contributed by atoms with Crippen molar-refractivity contribution in [3.05, 3.63) is 89.2 Å². The number of anilines is 1. The average Bonchev–Trinajstić information content (AvgIpc) is 2.83. The normalized spacial score (nSPS) is 14.2. The second kappa shape index (κ2) is 10.1. The first-order chi connectivity index (χ1) is 15.2. The molecule has 2 N–H and O–H groups in total. The van der Waals surface area contributed by atoms with E-state index >= 15 is 0 Å². The van der Waals surface area contributed by atoms with Crippen LogP contribution in [0, 0.1) is 0 Å². The summed E-state index contributed by atoms with van der Waals surface area (Å²) in [5, 5.41) is 12.8. The summed E-state index contributed by atoms with van der Waals surface area (Å²) >= 11 is 0. The third kappa shape index (κ3) is 5.63. The minimum Gasteiger partial charge on any atom is -0.488 e. The smallest absolute Gasteiger partial charge is 0.339 e. The molecule has 5 nitrogen and oxygen atoms in total. The van der Waals surface area contributed by atoms with Crippen LogP contribution in [0.2, 0.25) is 0 Å². The van der Waals surface area contributed by atoms with Crippen LogP contribution in [-0.4, -0.2) is 16.1 Å². The molecule has 1 heterocycles. The lowest BCUT2D eigenvalue weighted by molar-refractivity contribution is 0.0692. The molecule has 160 valence electrons. The van der Waals surface area contributed by atoms with E-state index in [-0.39, 0.29) is 5.56 Å². The molecule has 1 aromatic heterocycles. The number of pyridine rings is 1. The molecule has 1 aliphatic rings. The Kier molecular flexibility index (Phi) is 6.82. The average molecular weight is 417 g/mol. The van der Waals surface area contributed by atoms with Crippen molar-refractivity contribution in [1.29, 1.82) is 0 Å². The van der Waals surface area contributed by atoms with E-state index in [2.05, 4.69) is 17.4 Å². The number of benzene rings is 2. The summed E-state index contributed by atoms with van der Waals surface area (Å²) in [4.78, 5) is 16.3. The summed E-state index contributed by atoms with van der Waals surface area (Å²) in [6.07, 6.45) is 8.37. The molecule has 0 atom stereocenters. The van der Waals surface area contributed by atoms with Crippen LogP contribution in [0.3, 0.4) is 0 Å². The van der Waals surface area contributed by atoms with Gasteiger partial charge < -0.3 is 15.2 Å². The molecule has 0 spiro atoms. The lowest BCUT2D eigenvalue weighted by Crippen LogP contribution is -2.08. The highest BCUT2D eigenvalue weighted by atomic mass is 16.5. The van der Waals surface area contributed by atoms with Crippen LogP contribution in [0.5, 0.6) is 5.75 Å². The van der Waals surface area contributed by atoms with Gasteiger partial charge in [0, 0.05) is 36.1 Å². The first kappa shape index (κ1) is 20.9. The molecule has 0 unspecified atom stereocenters. The lowest BCUT2D eigenvalue weighted by atomic mass is 9.86. The molecule has 2 aromatic carbocycles. The highest BCUT2D eigenvalue weighted by molar-refractivity contribution is 5.91. The zero-order valence-corrected chi connectivity index (χ0v) is 17.6. The fraction of sp³-hybridized carbons (Fsp3) is 0.308. The molecule has 0 aliphatic heterocycles. The molecule has 5 heteroatoms. The van der Waals surface area contributed by atoms with Gasteiger partial charge in [0.25, 0.3) is 0 Å². The van der Waals surface area contributed by atoms with E-state index < -0.39 is 5.97 Å². The van der Waals surface area contributed by atoms with Crippen LogP contribution >= 0.6 is 0 Å². The molecule has 0 amide bonds. The largest absolute Gasteiger partial charge is 0.488 e. The molecule has 0 radical (unpaired) electrons. The first-order valence-electron chi connectivity index (χ1n) is 10.9. The predicted molar refractivity (Wildman–Crippen MR) is 122 cm³/mol. The maximum atomic E-state index is 11.6. The van der Waals surface area contributed by atoms with Crippen molar-refractivity contribution < 1.29 is 14.6 Å². The number of carbonyl (C=O) groups is 1. The Hall–Kier alpha value is -3.34. The van der Waals surface area contributed by atoms with E-state index in [1.165, 1.54) is 37.8 Å². The summed E-state index contributed by atoms with van der Waals surface area (Å²) in [6, 6.07) is 19.1. The van der Waals surface area contributed by atoms with Gasteiger partial charge in [-0.2, -0.15) is 0 Å². The number of carboxylic acids is 1. The first-order valence-corrected chi connectivity index (χ1v) is 10.9. The van der Waals surface area contributed by atoms with E-state index in [0.29, 0.717) is 24.8 Å². The number of nitrogens with zero attached hydrogens (tertiary/aromatic N) is 1. The van der Waals surface area contributed by atoms with Gasteiger partial charge in [-0.3, -0.25) is 4.98 Å². The summed E-state index contributed by atoms with van der Waals surface area (Å²) in [5.74, 6) is -0.0483. The van der Waals surface area contributed by atoms with Gasteiger partial charge in [-0.25, -0.2) is 4.79 Å². The number of aromatic nitrogens is 1. The number of aromatic carboxylic acids is 1. The summed E-state index contributed by atoms with van der Waals surface area (Å²) in [7, 11) is 0. The van der Waals surface area contributed by atoms with Crippen molar-refractivity contribution >= 4 is 11.7 Å². The molecule has 31 heavy (non-hydrogen) atoms. The number of rotatable bonds is 8. The Morgan fingerprint density at radius 3 is 2.52 bits per heavy atom. The predicted octanol–water partition coefficient (Wildman–Crippen LogP) is 6.02. The molecule has 1 fully saturated rings. The Morgan fingerprint density at radius 1 is 1.00 bits per heavy atom. The van der Waals surface area contributed by atoms with E-state index in [4.69, 9.17) is 9.72 Å². The molecule has 1 saturated carbocycles. The van der Waals surface area contributed by atoms with E-state index in [1.807, 2.05) is 36.5 Å². The van der Waals surface area contributed by atoms with Crippen LogP contribution in [0.1, 0.15) is 65.2 Å². The Labute approximate surface area is 183 Å². The number of hydrogen-bond acceptors (Lipinski definition) is 4. The Bertz CT molecular complexity index is 997. The van der Waals surface area contributed by atoms with Crippen LogP contribution in [0.4, 0.5) is 5.69 Å². The van der Waals surface area contributed by atoms with Gasteiger partial charge in [0.05, 0.1) is 0 Å². The number of carboxylic acid groups (broad SMARTS) is 1. The summed E-state index contributed by atoms with van der Waals surface area (Å²) in [5.41, 5.74) is 4.24. The Morgan fingerprint density at radius 2 is 1.81 bits per heavy atom. The minimum absolute atomic E-state index is 0.153. The summed E-state index contributed by atoms with van der Waals surface area (Å²) in [6.45, 7) is 0.930. The van der Waals surface area contributed by atoms with Gasteiger partial charge >= 0.3 is 5.97 Å². The topological polar surface area (TPSA) is 71.5 Å². The zero-order chi connectivity index (χ0) is 21.5. The molecular formula is C26H28N2O3. The third-order valence-corrected chi connectivity index (χ3v) is 5.82. The molecular weight excluding hydrogens is 388 g/mol. The minimum atomic E-state index is -1.00. The Balaban J connectivity index is 1.40. The summed E-state index contributed by atoms with van der Waals surface area (Å²) < 4.78 is 5.83. The van der Waals surface area contributed by atoms with Crippen molar-refractivity contribution in [2.45, 2.75) is 51.2 Å². The van der Waals surface area contributed by atoms with Gasteiger partial charge in [-0.05, 0) is 42.2 Å². The number of hydrogen-bond donors (Lipinski definition) is 2. The van der Waals surface area contributed by atoms with Gasteiger partial charge in [0.2, 0.25) is 0 Å². The highest BCUT2D eigenvalue weighted by Crippen LogP contribution is 2.31. The molecule has 1 aliphatic carbocycles. The van der Waals surface area contributed by atoms with Crippen molar-refractivity contribution in [2.75, 3.05) is 5.32 Å². The van der Waals surface area contributed by atoms with E-state index in [0.717, 1.165) is 16.8 Å². The van der Waals surface area contributed by atoms with E-state index in [9.17, 15) is 9.90 Å². The highest BCUT2D eigenvalue weighted by Gasteiger charge is 2.16. The second-order valence-corrected chi connectivity index (χ2v) is 8.07. The molecule has 4 rings (SSSR count). The van der Waals surface area contributed by atoms with Crippen molar-refractivity contribution in [2.24, 2.45) is 0 Å². The number of nitrogens with one attached hydrogen (secondary N) is 1. The monoisotopic (exact) mass is 416 g/mol. The van der Waals surface area contributed by atoms with Gasteiger partial charge in [0.15, 0.2) is 0 Å². The maximum absolute atomic E-state index is 11.6. The van der Waals surface area contributed by atoms with Crippen LogP contribution in [0.25, 0.3) is 0 Å².